The van der Waals surface area contributed by atoms with E-state index in [0.717, 1.165) is 64.0 Å². The molecule has 1 saturated heterocycles. The first-order valence-corrected chi connectivity index (χ1v) is 12.4. The molecule has 4 nitrogen and oxygen atoms in total. The van der Waals surface area contributed by atoms with E-state index in [1.807, 2.05) is 0 Å². The number of carbonyl (C=O) groups is 2. The van der Waals surface area contributed by atoms with Crippen molar-refractivity contribution in [2.45, 2.75) is 71.6 Å². The second kappa shape index (κ2) is 7.55. The van der Waals surface area contributed by atoms with E-state index >= 15 is 0 Å². The van der Waals surface area contributed by atoms with Gasteiger partial charge in [0.15, 0.2) is 0 Å². The van der Waals surface area contributed by atoms with Crippen molar-refractivity contribution in [3.05, 3.63) is 11.6 Å². The van der Waals surface area contributed by atoms with Gasteiger partial charge in [0.2, 0.25) is 0 Å². The molecule has 4 aliphatic carbocycles. The van der Waals surface area contributed by atoms with Crippen LogP contribution in [0.3, 0.4) is 0 Å². The molecule has 5 rings (SSSR count). The molecular formula is C26H39NO3. The van der Waals surface area contributed by atoms with Gasteiger partial charge in [0, 0.05) is 23.7 Å². The fourth-order valence-electron chi connectivity index (χ4n) is 8.44. The highest BCUT2D eigenvalue weighted by atomic mass is 16.3. The Morgan fingerprint density at radius 1 is 1.07 bits per heavy atom. The van der Waals surface area contributed by atoms with Gasteiger partial charge in [-0.05, 0) is 93.5 Å². The number of fused-ring (bicyclic) bond motifs is 5. The largest absolute Gasteiger partial charge is 0.396 e. The van der Waals surface area contributed by atoms with Crippen LogP contribution >= 0.6 is 0 Å². The average Bonchev–Trinajstić information content (AvgIpc) is 3.36. The fraction of sp³-hybridized carbons (Fsp3) is 0.846. The first-order chi connectivity index (χ1) is 14.4. The number of Topliss-reactive ketones (excluding diaryl/α,β-unsaturated/α-hetero) is 2. The van der Waals surface area contributed by atoms with Crippen LogP contribution in [0.25, 0.3) is 0 Å². The van der Waals surface area contributed by atoms with Crippen molar-refractivity contribution >= 4 is 11.6 Å². The summed E-state index contributed by atoms with van der Waals surface area (Å²) in [7, 11) is 0. The summed E-state index contributed by atoms with van der Waals surface area (Å²) in [5.74, 6) is 2.03. The minimum Gasteiger partial charge on any atom is -0.396 e. The molecule has 4 saturated carbocycles. The molecule has 6 unspecified atom stereocenters. The Balaban J connectivity index is 1.42. The normalized spacial score (nSPS) is 49.8. The lowest BCUT2D eigenvalue weighted by Gasteiger charge is -2.60. The summed E-state index contributed by atoms with van der Waals surface area (Å²) in [4.78, 5) is 26.4. The van der Waals surface area contributed by atoms with Gasteiger partial charge in [-0.25, -0.2) is 0 Å². The molecule has 0 aromatic carbocycles. The SMILES string of the molecule is C[C@]12CC/C(=C\CC3CCNC3)CC1C(CO)C(=O)C1C2CC[C@]2(C)C(=O)CCC12. The molecule has 2 N–H and O–H groups in total. The zero-order valence-electron chi connectivity index (χ0n) is 18.8. The third-order valence-corrected chi connectivity index (χ3v) is 10.4. The highest BCUT2D eigenvalue weighted by molar-refractivity contribution is 5.91. The van der Waals surface area contributed by atoms with Crippen LogP contribution in [0.1, 0.15) is 71.6 Å². The number of aliphatic hydroxyl groups is 1. The van der Waals surface area contributed by atoms with Crippen molar-refractivity contribution in [1.29, 1.82) is 0 Å². The molecule has 0 aromatic rings. The van der Waals surface area contributed by atoms with E-state index in [-0.39, 0.29) is 46.9 Å². The van der Waals surface area contributed by atoms with E-state index in [9.17, 15) is 14.7 Å². The summed E-state index contributed by atoms with van der Waals surface area (Å²) in [6.45, 7) is 6.78. The summed E-state index contributed by atoms with van der Waals surface area (Å²) in [6, 6.07) is 0. The molecule has 0 radical (unpaired) electrons. The van der Waals surface area contributed by atoms with Crippen molar-refractivity contribution in [3.63, 3.8) is 0 Å². The monoisotopic (exact) mass is 413 g/mol. The number of carbonyl (C=O) groups excluding carboxylic acids is 2. The summed E-state index contributed by atoms with van der Waals surface area (Å²) in [5, 5.41) is 13.8. The number of rotatable bonds is 3. The van der Waals surface area contributed by atoms with Crippen LogP contribution in [0.5, 0.6) is 0 Å². The Kier molecular flexibility index (Phi) is 5.25. The van der Waals surface area contributed by atoms with Gasteiger partial charge in [-0.3, -0.25) is 9.59 Å². The number of allylic oxidation sites excluding steroid dienone is 2. The topological polar surface area (TPSA) is 66.4 Å². The Labute approximate surface area is 181 Å². The smallest absolute Gasteiger partial charge is 0.142 e. The second-order valence-corrected chi connectivity index (χ2v) is 11.6. The van der Waals surface area contributed by atoms with E-state index < -0.39 is 0 Å². The first kappa shape index (κ1) is 20.9. The summed E-state index contributed by atoms with van der Waals surface area (Å²) < 4.78 is 0. The number of hydrogen-bond donors (Lipinski definition) is 2. The molecule has 8 atom stereocenters. The quantitative estimate of drug-likeness (QED) is 0.688. The third-order valence-electron chi connectivity index (χ3n) is 10.4. The van der Waals surface area contributed by atoms with Gasteiger partial charge in [0.05, 0.1) is 6.61 Å². The molecule has 30 heavy (non-hydrogen) atoms. The van der Waals surface area contributed by atoms with Crippen molar-refractivity contribution in [1.82, 2.24) is 5.32 Å². The van der Waals surface area contributed by atoms with Crippen LogP contribution in [0.15, 0.2) is 11.6 Å². The molecule has 0 bridgehead atoms. The van der Waals surface area contributed by atoms with Crippen molar-refractivity contribution in [2.75, 3.05) is 19.7 Å². The Bertz CT molecular complexity index is 753. The fourth-order valence-corrected chi connectivity index (χ4v) is 8.44. The summed E-state index contributed by atoms with van der Waals surface area (Å²) in [5.41, 5.74) is 1.34. The number of ketones is 2. The van der Waals surface area contributed by atoms with Gasteiger partial charge in [0.1, 0.15) is 11.6 Å². The maximum Gasteiger partial charge on any atom is 0.142 e. The molecule has 5 fully saturated rings. The Morgan fingerprint density at radius 3 is 2.63 bits per heavy atom. The molecule has 166 valence electrons. The van der Waals surface area contributed by atoms with Gasteiger partial charge < -0.3 is 10.4 Å². The van der Waals surface area contributed by atoms with Gasteiger partial charge in [0.25, 0.3) is 0 Å². The van der Waals surface area contributed by atoms with Crippen LogP contribution in [-0.2, 0) is 9.59 Å². The van der Waals surface area contributed by atoms with Crippen LogP contribution in [0, 0.1) is 46.3 Å². The standard InChI is InChI=1S/C26H39NO3/c1-25-10-7-16(3-4-17-9-12-27-14-17)13-21(25)18(15-28)24(30)23-19-5-6-22(29)26(19,2)11-8-20(23)25/h3,17-21,23,27-28H,4-15H2,1-2H3/b16-3+/t17?,18?,19?,20?,21?,23?,25-,26+/m1/s1. The van der Waals surface area contributed by atoms with Crippen LogP contribution in [0.2, 0.25) is 0 Å². The predicted molar refractivity (Wildman–Crippen MR) is 117 cm³/mol. The molecule has 5 aliphatic rings. The molecule has 1 heterocycles. The first-order valence-electron chi connectivity index (χ1n) is 12.4. The van der Waals surface area contributed by atoms with E-state index in [1.54, 1.807) is 0 Å². The maximum atomic E-state index is 13.8. The van der Waals surface area contributed by atoms with Crippen molar-refractivity contribution in [2.24, 2.45) is 46.3 Å². The average molecular weight is 414 g/mol. The van der Waals surface area contributed by atoms with Gasteiger partial charge >= 0.3 is 0 Å². The second-order valence-electron chi connectivity index (χ2n) is 11.6. The summed E-state index contributed by atoms with van der Waals surface area (Å²) in [6.07, 6.45) is 11.6. The van der Waals surface area contributed by atoms with E-state index in [0.29, 0.717) is 18.1 Å². The lowest BCUT2D eigenvalue weighted by Crippen LogP contribution is -2.60. The van der Waals surface area contributed by atoms with Crippen LogP contribution in [0.4, 0.5) is 0 Å². The lowest BCUT2D eigenvalue weighted by atomic mass is 9.42. The Hall–Kier alpha value is -1.00. The highest BCUT2D eigenvalue weighted by Crippen LogP contribution is 2.66. The minimum absolute atomic E-state index is 0.0105. The number of hydrogen-bond acceptors (Lipinski definition) is 4. The van der Waals surface area contributed by atoms with Crippen LogP contribution < -0.4 is 5.32 Å². The van der Waals surface area contributed by atoms with E-state index in [1.165, 1.54) is 12.0 Å². The lowest BCUT2D eigenvalue weighted by molar-refractivity contribution is -0.167. The third kappa shape index (κ3) is 3.00. The van der Waals surface area contributed by atoms with Crippen LogP contribution in [-0.4, -0.2) is 36.4 Å². The zero-order valence-corrected chi connectivity index (χ0v) is 18.8. The number of nitrogens with one attached hydrogen (secondary N) is 1. The van der Waals surface area contributed by atoms with Gasteiger partial charge in [-0.2, -0.15) is 0 Å². The van der Waals surface area contributed by atoms with Gasteiger partial charge in [-0.1, -0.05) is 25.5 Å². The highest BCUT2D eigenvalue weighted by Gasteiger charge is 2.64. The molecule has 0 spiro atoms. The minimum atomic E-state index is -0.297. The van der Waals surface area contributed by atoms with E-state index in [2.05, 4.69) is 25.2 Å². The van der Waals surface area contributed by atoms with Gasteiger partial charge in [-0.15, -0.1) is 0 Å². The van der Waals surface area contributed by atoms with E-state index in [4.69, 9.17) is 0 Å². The molecule has 0 aromatic heterocycles. The molecule has 1 aliphatic heterocycles. The molecule has 0 amide bonds. The predicted octanol–water partition coefficient (Wildman–Crippen LogP) is 3.92. The maximum absolute atomic E-state index is 13.8. The Morgan fingerprint density at radius 2 is 1.90 bits per heavy atom. The summed E-state index contributed by atoms with van der Waals surface area (Å²) >= 11 is 0. The number of aliphatic hydroxyl groups excluding tert-OH is 1. The van der Waals surface area contributed by atoms with Crippen molar-refractivity contribution < 1.29 is 14.7 Å². The zero-order chi connectivity index (χ0) is 21.1. The molecular weight excluding hydrogens is 374 g/mol. The van der Waals surface area contributed by atoms with Crippen molar-refractivity contribution in [3.8, 4) is 0 Å². The molecule has 4 heteroatoms.